The number of rotatable bonds is 3. The van der Waals surface area contributed by atoms with Crippen molar-refractivity contribution in [3.8, 4) is 0 Å². The number of allylic oxidation sites excluding steroid dienone is 1. The first-order chi connectivity index (χ1) is 12.7. The second kappa shape index (κ2) is 7.40. The molecule has 1 aliphatic carbocycles. The van der Waals surface area contributed by atoms with Gasteiger partial charge in [-0.25, -0.2) is 9.97 Å². The molecule has 4 rings (SSSR count). The number of hydrogen-bond acceptors (Lipinski definition) is 4. The Morgan fingerprint density at radius 2 is 2.04 bits per heavy atom. The molecule has 1 aliphatic heterocycles. The lowest BCUT2D eigenvalue weighted by Crippen LogP contribution is -2.36. The average molecular weight is 347 g/mol. The molecule has 0 saturated carbocycles. The van der Waals surface area contributed by atoms with Crippen LogP contribution >= 0.6 is 0 Å². The third-order valence-corrected chi connectivity index (χ3v) is 5.36. The van der Waals surface area contributed by atoms with Gasteiger partial charge >= 0.3 is 0 Å². The van der Waals surface area contributed by atoms with Crippen molar-refractivity contribution in [1.82, 2.24) is 9.97 Å². The summed E-state index contributed by atoms with van der Waals surface area (Å²) < 4.78 is 0. The Morgan fingerprint density at radius 3 is 2.85 bits per heavy atom. The molecule has 2 atom stereocenters. The van der Waals surface area contributed by atoms with Gasteiger partial charge in [-0.05, 0) is 36.7 Å². The molecule has 2 aliphatic rings. The number of fused-ring (bicyclic) bond motifs is 1. The fraction of sp³-hybridized carbons (Fsp3) is 0.409. The van der Waals surface area contributed by atoms with Gasteiger partial charge in [0.25, 0.3) is 0 Å². The first-order valence-corrected chi connectivity index (χ1v) is 9.56. The zero-order valence-electron chi connectivity index (χ0n) is 15.3. The van der Waals surface area contributed by atoms with Crippen LogP contribution < -0.4 is 4.90 Å². The molecule has 2 heterocycles. The van der Waals surface area contributed by atoms with Crippen molar-refractivity contribution < 1.29 is 4.79 Å². The molecule has 1 saturated heterocycles. The van der Waals surface area contributed by atoms with Gasteiger partial charge in [-0.3, -0.25) is 4.79 Å². The molecule has 1 fully saturated rings. The number of nitrogens with zero attached hydrogens (tertiary/aromatic N) is 3. The van der Waals surface area contributed by atoms with E-state index in [2.05, 4.69) is 41.1 Å². The maximum atomic E-state index is 12.5. The van der Waals surface area contributed by atoms with Crippen molar-refractivity contribution in [2.75, 3.05) is 18.0 Å². The Balaban J connectivity index is 1.53. The van der Waals surface area contributed by atoms with Gasteiger partial charge < -0.3 is 4.90 Å². The van der Waals surface area contributed by atoms with Gasteiger partial charge in [0.15, 0.2) is 5.78 Å². The molecule has 1 aromatic heterocycles. The molecule has 0 amide bonds. The van der Waals surface area contributed by atoms with E-state index in [1.807, 2.05) is 18.2 Å². The van der Waals surface area contributed by atoms with Crippen molar-refractivity contribution in [2.45, 2.75) is 32.6 Å². The predicted molar refractivity (Wildman–Crippen MR) is 104 cm³/mol. The molecule has 0 N–H and O–H groups in total. The van der Waals surface area contributed by atoms with Crippen LogP contribution in [0.15, 0.2) is 42.6 Å². The second-order valence-corrected chi connectivity index (χ2v) is 7.59. The van der Waals surface area contributed by atoms with E-state index in [4.69, 9.17) is 4.98 Å². The number of benzene rings is 1. The lowest BCUT2D eigenvalue weighted by molar-refractivity contribution is 0.0957. The van der Waals surface area contributed by atoms with Crippen LogP contribution in [0.1, 0.15) is 47.8 Å². The molecule has 2 aromatic rings. The summed E-state index contributed by atoms with van der Waals surface area (Å²) in [6.07, 6.45) is 9.81. The Hall–Kier alpha value is -2.49. The van der Waals surface area contributed by atoms with Crippen LogP contribution in [0.2, 0.25) is 0 Å². The highest BCUT2D eigenvalue weighted by Gasteiger charge is 2.27. The van der Waals surface area contributed by atoms with E-state index < -0.39 is 0 Å². The zero-order valence-corrected chi connectivity index (χ0v) is 15.3. The predicted octanol–water partition coefficient (Wildman–Crippen LogP) is 4.17. The number of Topliss-reactive ketones (excluding diaryl/α,β-unsaturated/α-hetero) is 1. The van der Waals surface area contributed by atoms with Crippen LogP contribution in [0.5, 0.6) is 0 Å². The quantitative estimate of drug-likeness (QED) is 0.836. The Kier molecular flexibility index (Phi) is 4.83. The van der Waals surface area contributed by atoms with Crippen molar-refractivity contribution in [2.24, 2.45) is 11.8 Å². The van der Waals surface area contributed by atoms with Crippen LogP contribution in [-0.4, -0.2) is 28.8 Å². The Labute approximate surface area is 155 Å². The molecule has 0 radical (unpaired) electrons. The summed E-state index contributed by atoms with van der Waals surface area (Å²) in [6, 6.07) is 10.2. The lowest BCUT2D eigenvalue weighted by Gasteiger charge is -2.31. The topological polar surface area (TPSA) is 46.1 Å². The fourth-order valence-electron chi connectivity index (χ4n) is 3.93. The second-order valence-electron chi connectivity index (χ2n) is 7.59. The van der Waals surface area contributed by atoms with E-state index in [0.717, 1.165) is 36.7 Å². The zero-order chi connectivity index (χ0) is 17.9. The smallest absolute Gasteiger partial charge is 0.225 e. The van der Waals surface area contributed by atoms with Crippen LogP contribution in [0.4, 0.5) is 5.95 Å². The van der Waals surface area contributed by atoms with Gasteiger partial charge in [0, 0.05) is 25.7 Å². The summed E-state index contributed by atoms with van der Waals surface area (Å²) in [5, 5.41) is 0. The summed E-state index contributed by atoms with van der Waals surface area (Å²) in [6.45, 7) is 4.29. The molecular weight excluding hydrogens is 322 g/mol. The Bertz CT molecular complexity index is 815. The van der Waals surface area contributed by atoms with Crippen molar-refractivity contribution >= 4 is 17.8 Å². The summed E-state index contributed by atoms with van der Waals surface area (Å²) >= 11 is 0. The molecule has 4 nitrogen and oxygen atoms in total. The summed E-state index contributed by atoms with van der Waals surface area (Å²) in [5.41, 5.74) is 2.78. The number of aromatic nitrogens is 2. The normalized spacial score (nSPS) is 23.3. The fourth-order valence-corrected chi connectivity index (χ4v) is 3.93. The van der Waals surface area contributed by atoms with E-state index in [1.54, 1.807) is 6.20 Å². The van der Waals surface area contributed by atoms with Crippen molar-refractivity contribution in [3.05, 3.63) is 59.4 Å². The van der Waals surface area contributed by atoms with Gasteiger partial charge in [0.1, 0.15) is 0 Å². The molecule has 0 spiro atoms. The van der Waals surface area contributed by atoms with Crippen LogP contribution in [0.3, 0.4) is 0 Å². The minimum atomic E-state index is 0.160. The van der Waals surface area contributed by atoms with Crippen LogP contribution in [0.25, 0.3) is 6.08 Å². The molecule has 4 heteroatoms. The highest BCUT2D eigenvalue weighted by molar-refractivity contribution is 5.98. The summed E-state index contributed by atoms with van der Waals surface area (Å²) in [4.78, 5) is 24.1. The minimum Gasteiger partial charge on any atom is -0.341 e. The van der Waals surface area contributed by atoms with E-state index >= 15 is 0 Å². The van der Waals surface area contributed by atoms with Crippen LogP contribution in [0, 0.1) is 11.8 Å². The SMILES string of the molecule is C[C@@H]1CCCN(c2ncc3c(n2)C[C@@H](/C=C/c2ccccc2)CC3=O)C1. The van der Waals surface area contributed by atoms with Crippen LogP contribution in [-0.2, 0) is 6.42 Å². The van der Waals surface area contributed by atoms with E-state index in [0.29, 0.717) is 17.9 Å². The van der Waals surface area contributed by atoms with E-state index in [9.17, 15) is 4.79 Å². The van der Waals surface area contributed by atoms with Crippen molar-refractivity contribution in [3.63, 3.8) is 0 Å². The average Bonchev–Trinajstić information content (AvgIpc) is 2.67. The van der Waals surface area contributed by atoms with Gasteiger partial charge in [0.2, 0.25) is 5.95 Å². The highest BCUT2D eigenvalue weighted by Crippen LogP contribution is 2.28. The first-order valence-electron chi connectivity index (χ1n) is 9.56. The Morgan fingerprint density at radius 1 is 1.19 bits per heavy atom. The van der Waals surface area contributed by atoms with Gasteiger partial charge in [0.05, 0.1) is 11.3 Å². The number of carbonyl (C=O) groups is 1. The number of ketones is 1. The van der Waals surface area contributed by atoms with Gasteiger partial charge in [-0.15, -0.1) is 0 Å². The number of piperidine rings is 1. The number of hydrogen-bond donors (Lipinski definition) is 0. The summed E-state index contributed by atoms with van der Waals surface area (Å²) in [7, 11) is 0. The molecule has 26 heavy (non-hydrogen) atoms. The maximum Gasteiger partial charge on any atom is 0.225 e. The lowest BCUT2D eigenvalue weighted by atomic mass is 9.86. The third kappa shape index (κ3) is 3.69. The van der Waals surface area contributed by atoms with Crippen molar-refractivity contribution in [1.29, 1.82) is 0 Å². The molecule has 134 valence electrons. The van der Waals surface area contributed by atoms with E-state index in [-0.39, 0.29) is 11.7 Å². The molecule has 0 unspecified atom stereocenters. The number of anilines is 1. The maximum absolute atomic E-state index is 12.5. The van der Waals surface area contributed by atoms with Gasteiger partial charge in [-0.2, -0.15) is 0 Å². The molecule has 0 bridgehead atoms. The standard InChI is InChI=1S/C22H25N3O/c1-16-6-5-11-25(15-16)22-23-14-19-20(24-22)12-18(13-21(19)26)10-9-17-7-3-2-4-8-17/h2-4,7-10,14,16,18H,5-6,11-13,15H2,1H3/b10-9+/t16-,18-/m1/s1. The van der Waals surface area contributed by atoms with E-state index in [1.165, 1.54) is 12.8 Å². The molecule has 1 aromatic carbocycles. The molecular formula is C22H25N3O. The largest absolute Gasteiger partial charge is 0.341 e. The third-order valence-electron chi connectivity index (χ3n) is 5.36. The monoisotopic (exact) mass is 347 g/mol. The number of carbonyl (C=O) groups excluding carboxylic acids is 1. The first kappa shape index (κ1) is 17.0. The summed E-state index contributed by atoms with van der Waals surface area (Å²) in [5.74, 6) is 1.83. The van der Waals surface area contributed by atoms with Gasteiger partial charge in [-0.1, -0.05) is 49.4 Å². The highest BCUT2D eigenvalue weighted by atomic mass is 16.1. The minimum absolute atomic E-state index is 0.160.